The van der Waals surface area contributed by atoms with Gasteiger partial charge in [-0.05, 0) is 12.8 Å². The van der Waals surface area contributed by atoms with Crippen LogP contribution in [0.1, 0.15) is 52.4 Å². The molecule has 0 aromatic heterocycles. The van der Waals surface area contributed by atoms with E-state index in [1.807, 2.05) is 0 Å². The highest BCUT2D eigenvalue weighted by atomic mass is 16.7. The lowest BCUT2D eigenvalue weighted by atomic mass is 10.1. The van der Waals surface area contributed by atoms with Gasteiger partial charge in [0.1, 0.15) is 12.2 Å². The van der Waals surface area contributed by atoms with E-state index < -0.39 is 6.16 Å². The van der Waals surface area contributed by atoms with Gasteiger partial charge in [-0.25, -0.2) is 4.79 Å². The molecule has 0 amide bonds. The van der Waals surface area contributed by atoms with Gasteiger partial charge in [0, 0.05) is 12.8 Å². The second-order valence-corrected chi connectivity index (χ2v) is 5.54. The van der Waals surface area contributed by atoms with E-state index in [0.717, 1.165) is 38.5 Å². The third-order valence-electron chi connectivity index (χ3n) is 3.94. The summed E-state index contributed by atoms with van der Waals surface area (Å²) in [4.78, 5) is 11.9. The second-order valence-electron chi connectivity index (χ2n) is 5.54. The largest absolute Gasteiger partial charge is 0.509 e. The molecular formula is C15H26O5. The van der Waals surface area contributed by atoms with Crippen LogP contribution in [0.2, 0.25) is 0 Å². The van der Waals surface area contributed by atoms with Crippen molar-refractivity contribution in [3.63, 3.8) is 0 Å². The Balaban J connectivity index is 1.77. The smallest absolute Gasteiger partial charge is 0.428 e. The molecule has 2 fully saturated rings. The average molecular weight is 286 g/mol. The minimum Gasteiger partial charge on any atom is -0.428 e. The fraction of sp³-hybridized carbons (Fsp3) is 0.933. The summed E-state index contributed by atoms with van der Waals surface area (Å²) in [6, 6.07) is 0. The summed E-state index contributed by atoms with van der Waals surface area (Å²) in [7, 11) is 0. The van der Waals surface area contributed by atoms with E-state index >= 15 is 0 Å². The van der Waals surface area contributed by atoms with E-state index in [2.05, 4.69) is 13.8 Å². The first-order valence-corrected chi connectivity index (χ1v) is 7.85. The maximum atomic E-state index is 11.9. The van der Waals surface area contributed by atoms with E-state index in [-0.39, 0.29) is 24.4 Å². The van der Waals surface area contributed by atoms with Gasteiger partial charge >= 0.3 is 6.16 Å². The highest BCUT2D eigenvalue weighted by Crippen LogP contribution is 2.24. The van der Waals surface area contributed by atoms with Crippen molar-refractivity contribution in [2.24, 2.45) is 0 Å². The fourth-order valence-electron chi connectivity index (χ4n) is 2.91. The third-order valence-corrected chi connectivity index (χ3v) is 3.94. The Morgan fingerprint density at radius 1 is 0.950 bits per heavy atom. The van der Waals surface area contributed by atoms with Crippen LogP contribution in [0.3, 0.4) is 0 Å². The maximum Gasteiger partial charge on any atom is 0.509 e. The minimum absolute atomic E-state index is 0.0267. The Morgan fingerprint density at radius 2 is 1.40 bits per heavy atom. The lowest BCUT2D eigenvalue weighted by Gasteiger charge is -2.21. The summed E-state index contributed by atoms with van der Waals surface area (Å²) in [5.41, 5.74) is 0. The maximum absolute atomic E-state index is 11.9. The SMILES string of the molecule is CCCC1OCCC1OC(=O)OC1CCOC1CCC. The molecular weight excluding hydrogens is 260 g/mol. The third kappa shape index (κ3) is 4.09. The number of ether oxygens (including phenoxy) is 4. The zero-order valence-electron chi connectivity index (χ0n) is 12.5. The standard InChI is InChI=1S/C15H26O5/c1-3-5-11-13(7-9-17-11)19-15(16)20-14-8-10-18-12(14)6-4-2/h11-14H,3-10H2,1-2H3. The Bertz CT molecular complexity index is 279. The summed E-state index contributed by atoms with van der Waals surface area (Å²) in [6.07, 6.45) is 4.58. The predicted molar refractivity (Wildman–Crippen MR) is 73.7 cm³/mol. The number of carbonyl (C=O) groups excluding carboxylic acids is 1. The molecule has 2 aliphatic rings. The van der Waals surface area contributed by atoms with Crippen molar-refractivity contribution in [3.05, 3.63) is 0 Å². The molecule has 0 spiro atoms. The molecule has 2 rings (SSSR count). The van der Waals surface area contributed by atoms with Gasteiger partial charge in [-0.15, -0.1) is 0 Å². The molecule has 0 saturated carbocycles. The van der Waals surface area contributed by atoms with Gasteiger partial charge in [0.25, 0.3) is 0 Å². The average Bonchev–Trinajstić information content (AvgIpc) is 3.02. The van der Waals surface area contributed by atoms with E-state index in [0.29, 0.717) is 13.2 Å². The zero-order chi connectivity index (χ0) is 14.4. The molecule has 2 saturated heterocycles. The topological polar surface area (TPSA) is 54.0 Å². The number of hydrogen-bond acceptors (Lipinski definition) is 5. The molecule has 0 bridgehead atoms. The van der Waals surface area contributed by atoms with Gasteiger partial charge in [0.05, 0.1) is 25.4 Å². The molecule has 5 nitrogen and oxygen atoms in total. The molecule has 4 atom stereocenters. The van der Waals surface area contributed by atoms with Crippen LogP contribution in [0.5, 0.6) is 0 Å². The molecule has 20 heavy (non-hydrogen) atoms. The first-order valence-electron chi connectivity index (χ1n) is 7.85. The van der Waals surface area contributed by atoms with Crippen molar-refractivity contribution in [3.8, 4) is 0 Å². The monoisotopic (exact) mass is 286 g/mol. The van der Waals surface area contributed by atoms with Gasteiger partial charge in [-0.2, -0.15) is 0 Å². The lowest BCUT2D eigenvalue weighted by Crippen LogP contribution is -2.32. The molecule has 4 unspecified atom stereocenters. The number of carbonyl (C=O) groups is 1. The molecule has 5 heteroatoms. The van der Waals surface area contributed by atoms with Crippen LogP contribution < -0.4 is 0 Å². The Hall–Kier alpha value is -0.810. The van der Waals surface area contributed by atoms with Crippen LogP contribution in [0, 0.1) is 0 Å². The highest BCUT2D eigenvalue weighted by Gasteiger charge is 2.35. The minimum atomic E-state index is -0.571. The van der Waals surface area contributed by atoms with Gasteiger partial charge in [0.2, 0.25) is 0 Å². The molecule has 0 N–H and O–H groups in total. The van der Waals surface area contributed by atoms with Crippen LogP contribution in [0.15, 0.2) is 0 Å². The molecule has 0 aliphatic carbocycles. The molecule has 116 valence electrons. The molecule has 0 radical (unpaired) electrons. The normalized spacial score (nSPS) is 33.3. The fourth-order valence-corrected chi connectivity index (χ4v) is 2.91. The number of rotatable bonds is 6. The zero-order valence-corrected chi connectivity index (χ0v) is 12.5. The van der Waals surface area contributed by atoms with Crippen molar-refractivity contribution >= 4 is 6.16 Å². The predicted octanol–water partition coefficient (Wildman–Crippen LogP) is 3.05. The van der Waals surface area contributed by atoms with Crippen LogP contribution in [0.4, 0.5) is 4.79 Å². The summed E-state index contributed by atoms with van der Waals surface area (Å²) in [5, 5.41) is 0. The van der Waals surface area contributed by atoms with Gasteiger partial charge in [-0.1, -0.05) is 26.7 Å². The Labute approximate surface area is 120 Å². The van der Waals surface area contributed by atoms with Crippen LogP contribution >= 0.6 is 0 Å². The van der Waals surface area contributed by atoms with Crippen molar-refractivity contribution in [1.29, 1.82) is 0 Å². The highest BCUT2D eigenvalue weighted by molar-refractivity contribution is 5.60. The van der Waals surface area contributed by atoms with Gasteiger partial charge in [0.15, 0.2) is 0 Å². The Morgan fingerprint density at radius 3 is 1.80 bits per heavy atom. The molecule has 2 heterocycles. The van der Waals surface area contributed by atoms with E-state index in [4.69, 9.17) is 18.9 Å². The summed E-state index contributed by atoms with van der Waals surface area (Å²) in [6.45, 7) is 5.52. The second kappa shape index (κ2) is 7.84. The van der Waals surface area contributed by atoms with Crippen LogP contribution in [0.25, 0.3) is 0 Å². The van der Waals surface area contributed by atoms with Crippen molar-refractivity contribution < 1.29 is 23.7 Å². The molecule has 2 aliphatic heterocycles. The van der Waals surface area contributed by atoms with Crippen LogP contribution in [-0.4, -0.2) is 43.8 Å². The van der Waals surface area contributed by atoms with E-state index in [9.17, 15) is 4.79 Å². The quantitative estimate of drug-likeness (QED) is 0.702. The first-order chi connectivity index (χ1) is 9.74. The summed E-state index contributed by atoms with van der Waals surface area (Å²) < 4.78 is 22.0. The van der Waals surface area contributed by atoms with Crippen molar-refractivity contribution in [2.75, 3.05) is 13.2 Å². The van der Waals surface area contributed by atoms with Gasteiger partial charge < -0.3 is 18.9 Å². The van der Waals surface area contributed by atoms with E-state index in [1.54, 1.807) is 0 Å². The number of hydrogen-bond donors (Lipinski definition) is 0. The Kier molecular flexibility index (Phi) is 6.10. The molecule has 0 aromatic rings. The lowest BCUT2D eigenvalue weighted by molar-refractivity contribution is -0.0443. The van der Waals surface area contributed by atoms with Crippen molar-refractivity contribution in [1.82, 2.24) is 0 Å². The van der Waals surface area contributed by atoms with Crippen molar-refractivity contribution in [2.45, 2.75) is 76.8 Å². The summed E-state index contributed by atoms with van der Waals surface area (Å²) in [5.74, 6) is 0. The van der Waals surface area contributed by atoms with E-state index in [1.165, 1.54) is 0 Å². The first kappa shape index (κ1) is 15.6. The summed E-state index contributed by atoms with van der Waals surface area (Å²) >= 11 is 0. The van der Waals surface area contributed by atoms with Gasteiger partial charge in [-0.3, -0.25) is 0 Å². The molecule has 0 aromatic carbocycles. The van der Waals surface area contributed by atoms with Crippen LogP contribution in [-0.2, 0) is 18.9 Å².